The number of carbonyl (C=O) groups is 1. The Hall–Kier alpha value is -3.49. The minimum Gasteiger partial charge on any atom is -0.481 e. The molecule has 1 aliphatic rings. The van der Waals surface area contributed by atoms with Gasteiger partial charge in [-0.05, 0) is 31.9 Å². The van der Waals surface area contributed by atoms with Crippen LogP contribution in [0.3, 0.4) is 0 Å². The molecule has 9 heteroatoms. The van der Waals surface area contributed by atoms with Gasteiger partial charge in [0.1, 0.15) is 0 Å². The van der Waals surface area contributed by atoms with E-state index >= 15 is 0 Å². The number of hydrogen-bond donors (Lipinski definition) is 0. The molecule has 162 valence electrons. The number of likely N-dealkylation sites (tertiary alicyclic amines) is 1. The van der Waals surface area contributed by atoms with Crippen molar-refractivity contribution in [3.05, 3.63) is 53.7 Å². The molecule has 0 radical (unpaired) electrons. The Labute approximate surface area is 179 Å². The number of para-hydroxylation sites is 1. The van der Waals surface area contributed by atoms with Crippen LogP contribution in [-0.2, 0) is 4.79 Å². The predicted octanol–water partition coefficient (Wildman–Crippen LogP) is 3.39. The number of amides is 1. The van der Waals surface area contributed by atoms with Crippen LogP contribution in [0.15, 0.2) is 41.1 Å². The molecule has 3 heterocycles. The summed E-state index contributed by atoms with van der Waals surface area (Å²) in [5, 5.41) is 3.97. The molecular weight excluding hydrogens is 401 g/mol. The first kappa shape index (κ1) is 20.8. The summed E-state index contributed by atoms with van der Waals surface area (Å²) < 4.78 is 24.7. The highest BCUT2D eigenvalue weighted by atomic mass is 19.1. The Kier molecular flexibility index (Phi) is 5.83. The highest BCUT2D eigenvalue weighted by molar-refractivity contribution is 5.79. The van der Waals surface area contributed by atoms with Crippen LogP contribution >= 0.6 is 0 Å². The number of carbonyl (C=O) groups excluding carboxylic acids is 1. The van der Waals surface area contributed by atoms with Crippen molar-refractivity contribution in [3.8, 4) is 17.1 Å². The maximum absolute atomic E-state index is 13.8. The van der Waals surface area contributed by atoms with E-state index in [0.717, 1.165) is 18.5 Å². The van der Waals surface area contributed by atoms with Crippen LogP contribution in [0.25, 0.3) is 11.3 Å². The Bertz CT molecular complexity index is 1080. The fourth-order valence-corrected chi connectivity index (χ4v) is 3.67. The summed E-state index contributed by atoms with van der Waals surface area (Å²) in [7, 11) is 3.72. The molecule has 0 unspecified atom stereocenters. The highest BCUT2D eigenvalue weighted by Crippen LogP contribution is 2.37. The van der Waals surface area contributed by atoms with E-state index in [4.69, 9.17) is 14.2 Å². The van der Waals surface area contributed by atoms with Gasteiger partial charge in [-0.25, -0.2) is 14.4 Å². The zero-order valence-corrected chi connectivity index (χ0v) is 17.7. The van der Waals surface area contributed by atoms with Gasteiger partial charge in [0.15, 0.2) is 23.9 Å². The smallest absolute Gasteiger partial charge is 0.261 e. The molecule has 1 atom stereocenters. The van der Waals surface area contributed by atoms with Gasteiger partial charge in [0.05, 0.1) is 23.0 Å². The third kappa shape index (κ3) is 4.35. The number of anilines is 1. The summed E-state index contributed by atoms with van der Waals surface area (Å²) in [5.41, 5.74) is 2.15. The molecule has 31 heavy (non-hydrogen) atoms. The van der Waals surface area contributed by atoms with Gasteiger partial charge in [-0.1, -0.05) is 17.3 Å². The van der Waals surface area contributed by atoms with Gasteiger partial charge in [0, 0.05) is 32.9 Å². The standard InChI is InChI=1S/C22H24FN5O3/c1-14-11-19(31-26-14)15-12-24-22(27(2)3)25-21(15)17-8-6-10-28(17)20(29)13-30-18-9-5-4-7-16(18)23/h4-5,7,9,11-12,17H,6,8,10,13H2,1-3H3/t17-/m1/s1. The lowest BCUT2D eigenvalue weighted by atomic mass is 10.0. The summed E-state index contributed by atoms with van der Waals surface area (Å²) in [4.78, 5) is 25.7. The first-order valence-corrected chi connectivity index (χ1v) is 10.1. The molecule has 1 aromatic carbocycles. The first-order valence-electron chi connectivity index (χ1n) is 10.1. The third-order valence-electron chi connectivity index (χ3n) is 5.18. The second-order valence-electron chi connectivity index (χ2n) is 7.66. The van der Waals surface area contributed by atoms with Crippen molar-refractivity contribution in [1.82, 2.24) is 20.0 Å². The van der Waals surface area contributed by atoms with E-state index < -0.39 is 5.82 Å². The molecule has 8 nitrogen and oxygen atoms in total. The van der Waals surface area contributed by atoms with Gasteiger partial charge in [-0.3, -0.25) is 4.79 Å². The van der Waals surface area contributed by atoms with E-state index in [1.165, 1.54) is 12.1 Å². The molecule has 3 aromatic rings. The molecule has 2 aromatic heterocycles. The van der Waals surface area contributed by atoms with Gasteiger partial charge in [-0.15, -0.1) is 0 Å². The van der Waals surface area contributed by atoms with Crippen molar-refractivity contribution in [1.29, 1.82) is 0 Å². The van der Waals surface area contributed by atoms with Crippen molar-refractivity contribution in [2.45, 2.75) is 25.8 Å². The largest absolute Gasteiger partial charge is 0.481 e. The summed E-state index contributed by atoms with van der Waals surface area (Å²) in [6.45, 7) is 2.16. The second-order valence-corrected chi connectivity index (χ2v) is 7.66. The summed E-state index contributed by atoms with van der Waals surface area (Å²) in [6, 6.07) is 7.59. The van der Waals surface area contributed by atoms with Gasteiger partial charge in [-0.2, -0.15) is 0 Å². The zero-order chi connectivity index (χ0) is 22.0. The normalized spacial score (nSPS) is 15.9. The minimum atomic E-state index is -0.498. The summed E-state index contributed by atoms with van der Waals surface area (Å²) in [5.74, 6) is 0.427. The number of rotatable bonds is 6. The maximum atomic E-state index is 13.8. The summed E-state index contributed by atoms with van der Waals surface area (Å²) >= 11 is 0. The van der Waals surface area contributed by atoms with Gasteiger partial charge < -0.3 is 19.1 Å². The molecule has 0 bridgehead atoms. The van der Waals surface area contributed by atoms with E-state index in [1.807, 2.05) is 27.1 Å². The van der Waals surface area contributed by atoms with E-state index in [2.05, 4.69) is 10.1 Å². The number of halogens is 1. The molecule has 1 aliphatic heterocycles. The molecular formula is C22H24FN5O3. The molecule has 4 rings (SSSR count). The third-order valence-corrected chi connectivity index (χ3v) is 5.18. The van der Waals surface area contributed by atoms with Crippen LogP contribution in [-0.4, -0.2) is 53.2 Å². The topological polar surface area (TPSA) is 84.6 Å². The zero-order valence-electron chi connectivity index (χ0n) is 17.7. The SMILES string of the molecule is Cc1cc(-c2cnc(N(C)C)nc2[C@H]2CCCN2C(=O)COc2ccccc2F)on1. The van der Waals surface area contributed by atoms with E-state index in [9.17, 15) is 9.18 Å². The number of ether oxygens (including phenoxy) is 1. The van der Waals surface area contributed by atoms with Crippen molar-refractivity contribution in [2.75, 3.05) is 32.1 Å². The Morgan fingerprint density at radius 1 is 1.35 bits per heavy atom. The van der Waals surface area contributed by atoms with Gasteiger partial charge in [0.2, 0.25) is 5.95 Å². The lowest BCUT2D eigenvalue weighted by molar-refractivity contribution is -0.134. The average molecular weight is 425 g/mol. The minimum absolute atomic E-state index is 0.0568. The molecule has 0 aliphatic carbocycles. The van der Waals surface area contributed by atoms with Gasteiger partial charge in [0.25, 0.3) is 5.91 Å². The van der Waals surface area contributed by atoms with Crippen LogP contribution < -0.4 is 9.64 Å². The number of aryl methyl sites for hydroxylation is 1. The first-order chi connectivity index (χ1) is 14.9. The fraction of sp³-hybridized carbons (Fsp3) is 0.364. The van der Waals surface area contributed by atoms with Crippen LogP contribution in [0.1, 0.15) is 30.3 Å². The lowest BCUT2D eigenvalue weighted by Crippen LogP contribution is -2.35. The Morgan fingerprint density at radius 3 is 2.87 bits per heavy atom. The van der Waals surface area contributed by atoms with Crippen molar-refractivity contribution in [2.24, 2.45) is 0 Å². The highest BCUT2D eigenvalue weighted by Gasteiger charge is 2.34. The van der Waals surface area contributed by atoms with Crippen LogP contribution in [0, 0.1) is 12.7 Å². The van der Waals surface area contributed by atoms with Crippen LogP contribution in [0.2, 0.25) is 0 Å². The average Bonchev–Trinajstić information content (AvgIpc) is 3.41. The molecule has 1 saturated heterocycles. The second kappa shape index (κ2) is 8.71. The predicted molar refractivity (Wildman–Crippen MR) is 112 cm³/mol. The summed E-state index contributed by atoms with van der Waals surface area (Å²) in [6.07, 6.45) is 3.27. The van der Waals surface area contributed by atoms with Crippen molar-refractivity contribution < 1.29 is 18.4 Å². The van der Waals surface area contributed by atoms with Crippen molar-refractivity contribution >= 4 is 11.9 Å². The monoisotopic (exact) mass is 425 g/mol. The van der Waals surface area contributed by atoms with E-state index in [0.29, 0.717) is 29.5 Å². The van der Waals surface area contributed by atoms with E-state index in [1.54, 1.807) is 28.1 Å². The number of nitrogens with zero attached hydrogens (tertiary/aromatic N) is 5. The van der Waals surface area contributed by atoms with Gasteiger partial charge >= 0.3 is 0 Å². The molecule has 1 fully saturated rings. The molecule has 1 amide bonds. The van der Waals surface area contributed by atoms with Crippen LogP contribution in [0.5, 0.6) is 5.75 Å². The van der Waals surface area contributed by atoms with Crippen molar-refractivity contribution in [3.63, 3.8) is 0 Å². The molecule has 0 saturated carbocycles. The fourth-order valence-electron chi connectivity index (χ4n) is 3.67. The maximum Gasteiger partial charge on any atom is 0.261 e. The van der Waals surface area contributed by atoms with Crippen LogP contribution in [0.4, 0.5) is 10.3 Å². The molecule has 0 N–H and O–H groups in total. The number of hydrogen-bond acceptors (Lipinski definition) is 7. The number of aromatic nitrogens is 3. The Balaban J connectivity index is 1.62. The Morgan fingerprint density at radius 2 is 2.16 bits per heavy atom. The van der Waals surface area contributed by atoms with E-state index in [-0.39, 0.29) is 24.3 Å². The number of benzene rings is 1. The lowest BCUT2D eigenvalue weighted by Gasteiger charge is -2.26. The molecule has 0 spiro atoms. The quantitative estimate of drug-likeness (QED) is 0.598.